The van der Waals surface area contributed by atoms with Crippen LogP contribution < -0.4 is 10.6 Å². The molecule has 0 unspecified atom stereocenters. The van der Waals surface area contributed by atoms with Crippen molar-refractivity contribution in [2.75, 3.05) is 36.8 Å². The van der Waals surface area contributed by atoms with Gasteiger partial charge in [-0.25, -0.2) is 28.4 Å². The summed E-state index contributed by atoms with van der Waals surface area (Å²) in [4.78, 5) is 18.3. The maximum atomic E-state index is 13.1. The monoisotopic (exact) mass is 431 g/mol. The number of nitrogens with zero attached hydrogens (tertiary/aromatic N) is 6. The topological polar surface area (TPSA) is 118 Å². The van der Waals surface area contributed by atoms with Crippen molar-refractivity contribution in [3.05, 3.63) is 54.2 Å². The maximum Gasteiger partial charge on any atom is 0.243 e. The van der Waals surface area contributed by atoms with Gasteiger partial charge in [0.25, 0.3) is 0 Å². The minimum Gasteiger partial charge on any atom is -0.368 e. The molecule has 2 aromatic heterocycles. The van der Waals surface area contributed by atoms with E-state index in [-0.39, 0.29) is 10.8 Å². The summed E-state index contributed by atoms with van der Waals surface area (Å²) in [5, 5.41) is 0.308. The van der Waals surface area contributed by atoms with E-state index in [2.05, 4.69) is 19.9 Å². The van der Waals surface area contributed by atoms with Gasteiger partial charge in [0.1, 0.15) is 0 Å². The first-order valence-electron chi connectivity index (χ1n) is 8.85. The summed E-state index contributed by atoms with van der Waals surface area (Å²) in [6, 6.07) is 6.72. The molecule has 29 heavy (non-hydrogen) atoms. The van der Waals surface area contributed by atoms with E-state index >= 15 is 0 Å². The predicted molar refractivity (Wildman–Crippen MR) is 110 cm³/mol. The van der Waals surface area contributed by atoms with Gasteiger partial charge in [0.15, 0.2) is 11.0 Å². The lowest BCUT2D eigenvalue weighted by Crippen LogP contribution is -2.49. The van der Waals surface area contributed by atoms with Crippen LogP contribution in [-0.4, -0.2) is 58.8 Å². The summed E-state index contributed by atoms with van der Waals surface area (Å²) in [5.41, 5.74) is 6.92. The van der Waals surface area contributed by atoms with Crippen LogP contribution in [0.2, 0.25) is 5.15 Å². The Balaban J connectivity index is 1.53. The molecule has 0 saturated carbocycles. The largest absolute Gasteiger partial charge is 0.368 e. The number of rotatable bonds is 4. The second-order valence-corrected chi connectivity index (χ2v) is 8.72. The van der Waals surface area contributed by atoms with Crippen molar-refractivity contribution < 1.29 is 8.42 Å². The normalized spacial score (nSPS) is 15.4. The number of piperazine rings is 1. The fourth-order valence-corrected chi connectivity index (χ4v) is 4.83. The summed E-state index contributed by atoms with van der Waals surface area (Å²) >= 11 is 6.10. The Bertz CT molecular complexity index is 1120. The van der Waals surface area contributed by atoms with E-state index in [9.17, 15) is 8.42 Å². The Hall–Kier alpha value is -2.82. The van der Waals surface area contributed by atoms with E-state index in [0.29, 0.717) is 48.3 Å². The van der Waals surface area contributed by atoms with Gasteiger partial charge in [-0.05, 0) is 17.7 Å². The number of sulfonamides is 1. The highest BCUT2D eigenvalue weighted by molar-refractivity contribution is 7.89. The van der Waals surface area contributed by atoms with Crippen molar-refractivity contribution in [3.8, 4) is 11.1 Å². The van der Waals surface area contributed by atoms with Crippen molar-refractivity contribution in [3.63, 3.8) is 0 Å². The number of aromatic nitrogens is 4. The van der Waals surface area contributed by atoms with Crippen LogP contribution in [0.25, 0.3) is 11.1 Å². The first-order valence-corrected chi connectivity index (χ1v) is 10.7. The van der Waals surface area contributed by atoms with Gasteiger partial charge < -0.3 is 10.6 Å². The SMILES string of the molecule is Nc1ncc(-c2cccc(S(=O)(=O)N3CCN(c4nccnc4Cl)CC3)c2)cn1. The second kappa shape index (κ2) is 7.90. The fraction of sp³-hybridized carbons (Fsp3) is 0.222. The van der Waals surface area contributed by atoms with Crippen molar-refractivity contribution in [1.82, 2.24) is 24.2 Å². The summed E-state index contributed by atoms with van der Waals surface area (Å²) < 4.78 is 27.7. The van der Waals surface area contributed by atoms with Gasteiger partial charge in [0.2, 0.25) is 16.0 Å². The molecule has 150 valence electrons. The molecule has 1 saturated heterocycles. The molecule has 1 aliphatic rings. The quantitative estimate of drug-likeness (QED) is 0.662. The van der Waals surface area contributed by atoms with Crippen molar-refractivity contribution in [2.45, 2.75) is 4.90 Å². The summed E-state index contributed by atoms with van der Waals surface area (Å²) in [7, 11) is -3.64. The molecule has 2 N–H and O–H groups in total. The first-order chi connectivity index (χ1) is 13.9. The molecule has 0 aliphatic carbocycles. The average molecular weight is 432 g/mol. The van der Waals surface area contributed by atoms with Crippen LogP contribution in [0, 0.1) is 0 Å². The molecule has 11 heteroatoms. The molecule has 0 amide bonds. The minimum atomic E-state index is -3.64. The van der Waals surface area contributed by atoms with Crippen LogP contribution in [0.4, 0.5) is 11.8 Å². The third-order valence-corrected chi connectivity index (χ3v) is 6.81. The fourth-order valence-electron chi connectivity index (χ4n) is 3.14. The highest BCUT2D eigenvalue weighted by Gasteiger charge is 2.29. The number of anilines is 2. The molecule has 3 aromatic rings. The van der Waals surface area contributed by atoms with Gasteiger partial charge in [0.05, 0.1) is 4.90 Å². The smallest absolute Gasteiger partial charge is 0.243 e. The van der Waals surface area contributed by atoms with Gasteiger partial charge in [-0.3, -0.25) is 0 Å². The Morgan fingerprint density at radius 1 is 0.931 bits per heavy atom. The van der Waals surface area contributed by atoms with Gasteiger partial charge in [-0.1, -0.05) is 23.7 Å². The van der Waals surface area contributed by atoms with E-state index in [1.54, 1.807) is 36.8 Å². The predicted octanol–water partition coefficient (Wildman–Crippen LogP) is 1.68. The number of hydrogen-bond acceptors (Lipinski definition) is 8. The molecule has 0 radical (unpaired) electrons. The minimum absolute atomic E-state index is 0.165. The number of halogens is 1. The lowest BCUT2D eigenvalue weighted by Gasteiger charge is -2.34. The van der Waals surface area contributed by atoms with Crippen LogP contribution in [0.1, 0.15) is 0 Å². The third kappa shape index (κ3) is 4.00. The summed E-state index contributed by atoms with van der Waals surface area (Å²) in [6.07, 6.45) is 6.22. The Morgan fingerprint density at radius 3 is 2.31 bits per heavy atom. The zero-order valence-corrected chi connectivity index (χ0v) is 16.9. The molecule has 4 rings (SSSR count). The van der Waals surface area contributed by atoms with E-state index in [1.807, 2.05) is 11.0 Å². The zero-order chi connectivity index (χ0) is 20.4. The van der Waals surface area contributed by atoms with Crippen molar-refractivity contribution >= 4 is 33.4 Å². The third-order valence-electron chi connectivity index (χ3n) is 4.65. The van der Waals surface area contributed by atoms with E-state index in [1.165, 1.54) is 10.5 Å². The molecule has 3 heterocycles. The van der Waals surface area contributed by atoms with Crippen molar-refractivity contribution in [2.24, 2.45) is 0 Å². The number of nitrogen functional groups attached to an aromatic ring is 1. The second-order valence-electron chi connectivity index (χ2n) is 6.42. The van der Waals surface area contributed by atoms with Crippen LogP contribution in [0.5, 0.6) is 0 Å². The van der Waals surface area contributed by atoms with Gasteiger partial charge in [0, 0.05) is 56.5 Å². The Kier molecular flexibility index (Phi) is 5.31. The molecule has 9 nitrogen and oxygen atoms in total. The molecular weight excluding hydrogens is 414 g/mol. The Morgan fingerprint density at radius 2 is 1.62 bits per heavy atom. The maximum absolute atomic E-state index is 13.1. The van der Waals surface area contributed by atoms with Crippen LogP contribution in [0.15, 0.2) is 53.9 Å². The van der Waals surface area contributed by atoms with Gasteiger partial charge in [-0.2, -0.15) is 4.31 Å². The molecule has 0 atom stereocenters. The highest BCUT2D eigenvalue weighted by Crippen LogP contribution is 2.26. The van der Waals surface area contributed by atoms with E-state index in [0.717, 1.165) is 0 Å². The molecule has 0 bridgehead atoms. The summed E-state index contributed by atoms with van der Waals surface area (Å²) in [6.45, 7) is 1.60. The van der Waals surface area contributed by atoms with Gasteiger partial charge >= 0.3 is 0 Å². The zero-order valence-electron chi connectivity index (χ0n) is 15.3. The number of benzene rings is 1. The van der Waals surface area contributed by atoms with Gasteiger partial charge in [-0.15, -0.1) is 0 Å². The molecular formula is C18H18ClN7O2S. The van der Waals surface area contributed by atoms with E-state index in [4.69, 9.17) is 17.3 Å². The molecule has 0 spiro atoms. The standard InChI is InChI=1S/C18H18ClN7O2S/c19-16-17(22-5-4-21-16)25-6-8-26(9-7-25)29(27,28)15-3-1-2-13(10-15)14-11-23-18(20)24-12-14/h1-5,10-12H,6-9H2,(H2,20,23,24). The lowest BCUT2D eigenvalue weighted by atomic mass is 10.1. The van der Waals surface area contributed by atoms with Crippen LogP contribution >= 0.6 is 11.6 Å². The van der Waals surface area contributed by atoms with Crippen LogP contribution in [-0.2, 0) is 10.0 Å². The van der Waals surface area contributed by atoms with E-state index < -0.39 is 10.0 Å². The highest BCUT2D eigenvalue weighted by atomic mass is 35.5. The van der Waals surface area contributed by atoms with Crippen LogP contribution in [0.3, 0.4) is 0 Å². The summed E-state index contributed by atoms with van der Waals surface area (Å²) in [5.74, 6) is 0.732. The molecule has 1 aliphatic heterocycles. The lowest BCUT2D eigenvalue weighted by molar-refractivity contribution is 0.383. The number of hydrogen-bond donors (Lipinski definition) is 1. The Labute approximate surface area is 173 Å². The molecule has 1 fully saturated rings. The molecule has 1 aromatic carbocycles. The number of nitrogens with two attached hydrogens (primary N) is 1. The average Bonchev–Trinajstić information content (AvgIpc) is 2.75. The first kappa shape index (κ1) is 19.5. The van der Waals surface area contributed by atoms with Crippen molar-refractivity contribution in [1.29, 1.82) is 0 Å².